The van der Waals surface area contributed by atoms with Crippen LogP contribution in [0.4, 0.5) is 19.0 Å². The first kappa shape index (κ1) is 18.7. The Bertz CT molecular complexity index is 1000. The standard InChI is InChI=1S/C18H17F3N4O3/c19-18(20,21)10-3-1-9(2-4-10)12-6-25(16-14(12)15(22)23-8-24-16)17-13(27)5-11(7-26)28-17/h1-4,6,8,11,13,17,26-27H,5,7H2,(H2,22,23,24)/t11-,13+,17+/m0/s1. The molecule has 7 nitrogen and oxygen atoms in total. The first-order valence-electron chi connectivity index (χ1n) is 8.52. The van der Waals surface area contributed by atoms with Crippen LogP contribution in [-0.2, 0) is 10.9 Å². The molecule has 0 bridgehead atoms. The number of aliphatic hydroxyl groups excluding tert-OH is 2. The Labute approximate surface area is 157 Å². The summed E-state index contributed by atoms with van der Waals surface area (Å²) in [6.45, 7) is -0.240. The molecule has 1 fully saturated rings. The molecule has 3 atom stereocenters. The van der Waals surface area contributed by atoms with Crippen molar-refractivity contribution in [2.45, 2.75) is 31.0 Å². The lowest BCUT2D eigenvalue weighted by atomic mass is 10.0. The van der Waals surface area contributed by atoms with Gasteiger partial charge in [-0.2, -0.15) is 13.2 Å². The van der Waals surface area contributed by atoms with Gasteiger partial charge in [-0.15, -0.1) is 0 Å². The molecule has 1 aliphatic rings. The molecule has 10 heteroatoms. The summed E-state index contributed by atoms with van der Waals surface area (Å²) in [5.41, 5.74) is 6.63. The molecule has 1 aromatic carbocycles. The van der Waals surface area contributed by atoms with Gasteiger partial charge in [0.1, 0.15) is 23.9 Å². The first-order valence-corrected chi connectivity index (χ1v) is 8.52. The van der Waals surface area contributed by atoms with Crippen molar-refractivity contribution in [3.8, 4) is 11.1 Å². The second-order valence-electron chi connectivity index (χ2n) is 6.62. The molecule has 0 radical (unpaired) electrons. The number of nitrogens with zero attached hydrogens (tertiary/aromatic N) is 3. The Hall–Kier alpha value is -2.69. The van der Waals surface area contributed by atoms with Gasteiger partial charge in [0.2, 0.25) is 0 Å². The third kappa shape index (κ3) is 3.09. The summed E-state index contributed by atoms with van der Waals surface area (Å²) in [6, 6.07) is 4.66. The second kappa shape index (κ2) is 6.73. The highest BCUT2D eigenvalue weighted by atomic mass is 19.4. The zero-order chi connectivity index (χ0) is 20.1. The number of hydrogen-bond donors (Lipinski definition) is 3. The molecule has 3 heterocycles. The zero-order valence-electron chi connectivity index (χ0n) is 14.5. The topological polar surface area (TPSA) is 106 Å². The van der Waals surface area contributed by atoms with Crippen LogP contribution in [0.2, 0.25) is 0 Å². The molecule has 0 unspecified atom stereocenters. The van der Waals surface area contributed by atoms with Gasteiger partial charge >= 0.3 is 6.18 Å². The SMILES string of the molecule is Nc1ncnc2c1c(-c1ccc(C(F)(F)F)cc1)cn2[C@@H]1O[C@H](CO)C[C@H]1O. The van der Waals surface area contributed by atoms with Crippen molar-refractivity contribution in [1.29, 1.82) is 0 Å². The molecule has 2 aromatic heterocycles. The summed E-state index contributed by atoms with van der Waals surface area (Å²) >= 11 is 0. The monoisotopic (exact) mass is 394 g/mol. The lowest BCUT2D eigenvalue weighted by Crippen LogP contribution is -2.19. The maximum absolute atomic E-state index is 12.9. The van der Waals surface area contributed by atoms with E-state index in [1.54, 1.807) is 10.8 Å². The summed E-state index contributed by atoms with van der Waals surface area (Å²) in [4.78, 5) is 8.18. The van der Waals surface area contributed by atoms with Crippen LogP contribution in [-0.4, -0.2) is 43.6 Å². The van der Waals surface area contributed by atoms with E-state index in [0.717, 1.165) is 12.1 Å². The van der Waals surface area contributed by atoms with Crippen molar-refractivity contribution in [1.82, 2.24) is 14.5 Å². The maximum atomic E-state index is 12.9. The number of hydrogen-bond acceptors (Lipinski definition) is 6. The van der Waals surface area contributed by atoms with Crippen LogP contribution in [0.5, 0.6) is 0 Å². The fraction of sp³-hybridized carbons (Fsp3) is 0.333. The van der Waals surface area contributed by atoms with E-state index >= 15 is 0 Å². The summed E-state index contributed by atoms with van der Waals surface area (Å²) in [5.74, 6) is 0.157. The highest BCUT2D eigenvalue weighted by molar-refractivity contribution is 6.00. The number of rotatable bonds is 3. The number of nitrogens with two attached hydrogens (primary N) is 1. The van der Waals surface area contributed by atoms with Crippen molar-refractivity contribution in [3.63, 3.8) is 0 Å². The molecule has 28 heavy (non-hydrogen) atoms. The smallest absolute Gasteiger partial charge is 0.394 e. The Kier molecular flexibility index (Phi) is 4.48. The Balaban J connectivity index is 1.84. The molecule has 0 amide bonds. The van der Waals surface area contributed by atoms with Crippen LogP contribution in [0.15, 0.2) is 36.8 Å². The van der Waals surface area contributed by atoms with E-state index in [9.17, 15) is 23.4 Å². The van der Waals surface area contributed by atoms with E-state index in [2.05, 4.69) is 9.97 Å². The minimum absolute atomic E-state index is 0.157. The van der Waals surface area contributed by atoms with E-state index < -0.39 is 30.2 Å². The van der Waals surface area contributed by atoms with Gasteiger partial charge in [0.05, 0.1) is 23.7 Å². The molecule has 3 aromatic rings. The lowest BCUT2D eigenvalue weighted by Gasteiger charge is -2.17. The highest BCUT2D eigenvalue weighted by Crippen LogP contribution is 2.39. The third-order valence-corrected chi connectivity index (χ3v) is 4.81. The van der Waals surface area contributed by atoms with E-state index in [1.165, 1.54) is 18.5 Å². The number of halogens is 3. The van der Waals surface area contributed by atoms with Gasteiger partial charge < -0.3 is 25.3 Å². The fourth-order valence-electron chi connectivity index (χ4n) is 3.46. The average molecular weight is 394 g/mol. The van der Waals surface area contributed by atoms with E-state index in [0.29, 0.717) is 22.2 Å². The van der Waals surface area contributed by atoms with Gasteiger partial charge in [-0.1, -0.05) is 12.1 Å². The van der Waals surface area contributed by atoms with Gasteiger partial charge in [0.15, 0.2) is 6.23 Å². The lowest BCUT2D eigenvalue weighted by molar-refractivity contribution is -0.137. The summed E-state index contributed by atoms with van der Waals surface area (Å²) in [6.07, 6.45) is -3.53. The van der Waals surface area contributed by atoms with Crippen LogP contribution < -0.4 is 5.73 Å². The number of ether oxygens (including phenoxy) is 1. The van der Waals surface area contributed by atoms with E-state index in [4.69, 9.17) is 10.5 Å². The molecule has 148 valence electrons. The zero-order valence-corrected chi connectivity index (χ0v) is 14.5. The molecule has 0 aliphatic carbocycles. The van der Waals surface area contributed by atoms with Crippen LogP contribution >= 0.6 is 0 Å². The third-order valence-electron chi connectivity index (χ3n) is 4.81. The number of nitrogen functional groups attached to an aromatic ring is 1. The predicted octanol–water partition coefficient (Wildman–Crippen LogP) is 2.34. The molecular weight excluding hydrogens is 377 g/mol. The number of benzene rings is 1. The largest absolute Gasteiger partial charge is 0.416 e. The van der Waals surface area contributed by atoms with Gasteiger partial charge in [0.25, 0.3) is 0 Å². The summed E-state index contributed by atoms with van der Waals surface area (Å²) in [5, 5.41) is 20.1. The molecule has 4 rings (SSSR count). The van der Waals surface area contributed by atoms with Gasteiger partial charge in [0, 0.05) is 18.2 Å². The maximum Gasteiger partial charge on any atom is 0.416 e. The van der Waals surface area contributed by atoms with Crippen LogP contribution in [0.1, 0.15) is 18.2 Å². The van der Waals surface area contributed by atoms with Crippen molar-refractivity contribution < 1.29 is 28.1 Å². The molecule has 4 N–H and O–H groups in total. The minimum Gasteiger partial charge on any atom is -0.394 e. The minimum atomic E-state index is -4.43. The summed E-state index contributed by atoms with van der Waals surface area (Å²) in [7, 11) is 0. The molecule has 1 aliphatic heterocycles. The van der Waals surface area contributed by atoms with Crippen molar-refractivity contribution in [3.05, 3.63) is 42.4 Å². The molecular formula is C18H17F3N4O3. The number of aliphatic hydroxyl groups is 2. The Morgan fingerprint density at radius 3 is 2.54 bits per heavy atom. The Morgan fingerprint density at radius 2 is 1.93 bits per heavy atom. The van der Waals surface area contributed by atoms with Crippen LogP contribution in [0.25, 0.3) is 22.2 Å². The fourth-order valence-corrected chi connectivity index (χ4v) is 3.46. The van der Waals surface area contributed by atoms with Crippen LogP contribution in [0.3, 0.4) is 0 Å². The molecule has 0 saturated carbocycles. The molecule has 1 saturated heterocycles. The van der Waals surface area contributed by atoms with E-state index in [1.807, 2.05) is 0 Å². The van der Waals surface area contributed by atoms with Gasteiger partial charge in [-0.05, 0) is 17.7 Å². The Morgan fingerprint density at radius 1 is 1.21 bits per heavy atom. The summed E-state index contributed by atoms with van der Waals surface area (Å²) < 4.78 is 45.8. The average Bonchev–Trinajstić information content (AvgIpc) is 3.22. The van der Waals surface area contributed by atoms with Gasteiger partial charge in [-0.3, -0.25) is 0 Å². The van der Waals surface area contributed by atoms with Crippen molar-refractivity contribution in [2.75, 3.05) is 12.3 Å². The first-order chi connectivity index (χ1) is 13.3. The number of anilines is 1. The predicted molar refractivity (Wildman–Crippen MR) is 94.0 cm³/mol. The van der Waals surface area contributed by atoms with Crippen molar-refractivity contribution in [2.24, 2.45) is 0 Å². The number of fused-ring (bicyclic) bond motifs is 1. The van der Waals surface area contributed by atoms with Crippen LogP contribution in [0, 0.1) is 0 Å². The highest BCUT2D eigenvalue weighted by Gasteiger charge is 2.36. The quantitative estimate of drug-likeness (QED) is 0.630. The number of aromatic nitrogens is 3. The number of alkyl halides is 3. The van der Waals surface area contributed by atoms with Gasteiger partial charge in [-0.25, -0.2) is 9.97 Å². The van der Waals surface area contributed by atoms with Crippen molar-refractivity contribution >= 4 is 16.9 Å². The normalized spacial score (nSPS) is 22.8. The van der Waals surface area contributed by atoms with E-state index in [-0.39, 0.29) is 18.8 Å². The molecule has 0 spiro atoms. The second-order valence-corrected chi connectivity index (χ2v) is 6.62.